The summed E-state index contributed by atoms with van der Waals surface area (Å²) in [7, 11) is 0. The van der Waals surface area contributed by atoms with Gasteiger partial charge in [0.05, 0.1) is 18.2 Å². The molecule has 0 N–H and O–H groups in total. The molecule has 1 atom stereocenters. The fraction of sp³-hybridized carbons (Fsp3) is 0.200. The number of halogens is 2. The fourth-order valence-corrected chi connectivity index (χ4v) is 4.43. The third-order valence-electron chi connectivity index (χ3n) is 4.41. The highest BCUT2D eigenvalue weighted by Crippen LogP contribution is 2.45. The first-order chi connectivity index (χ1) is 12.2. The largest absolute Gasteiger partial charge is 0.472 e. The zero-order chi connectivity index (χ0) is 17.2. The summed E-state index contributed by atoms with van der Waals surface area (Å²) >= 11 is 1.71. The van der Waals surface area contributed by atoms with Gasteiger partial charge >= 0.3 is 0 Å². The van der Waals surface area contributed by atoms with Gasteiger partial charge in [-0.2, -0.15) is 0 Å². The van der Waals surface area contributed by atoms with E-state index in [1.54, 1.807) is 30.4 Å². The predicted octanol–water partition coefficient (Wildman–Crippen LogP) is 5.80. The molecule has 0 unspecified atom stereocenters. The molecule has 2 heterocycles. The quantitative estimate of drug-likeness (QED) is 0.589. The van der Waals surface area contributed by atoms with E-state index in [-0.39, 0.29) is 5.25 Å². The molecule has 1 aromatic heterocycles. The zero-order valence-corrected chi connectivity index (χ0v) is 14.3. The van der Waals surface area contributed by atoms with Gasteiger partial charge in [0.1, 0.15) is 0 Å². The summed E-state index contributed by atoms with van der Waals surface area (Å²) in [6, 6.07) is 14.4. The number of furan rings is 1. The zero-order valence-electron chi connectivity index (χ0n) is 13.5. The van der Waals surface area contributed by atoms with E-state index in [1.165, 1.54) is 17.8 Å². The summed E-state index contributed by atoms with van der Waals surface area (Å²) in [6.07, 6.45) is 4.29. The smallest absolute Gasteiger partial charge is 0.159 e. The second kappa shape index (κ2) is 6.92. The van der Waals surface area contributed by atoms with Gasteiger partial charge in [-0.1, -0.05) is 18.2 Å². The minimum atomic E-state index is -0.802. The second-order valence-corrected chi connectivity index (χ2v) is 7.33. The minimum absolute atomic E-state index is 0.0885. The van der Waals surface area contributed by atoms with Crippen LogP contribution in [0.4, 0.5) is 14.5 Å². The van der Waals surface area contributed by atoms with E-state index in [0.29, 0.717) is 0 Å². The van der Waals surface area contributed by atoms with Gasteiger partial charge in [-0.25, -0.2) is 8.78 Å². The van der Waals surface area contributed by atoms with Crippen LogP contribution in [0.1, 0.15) is 22.8 Å². The highest BCUT2D eigenvalue weighted by molar-refractivity contribution is 7.99. The van der Waals surface area contributed by atoms with Crippen LogP contribution in [0, 0.1) is 11.6 Å². The summed E-state index contributed by atoms with van der Waals surface area (Å²) in [6.45, 7) is 1.59. The summed E-state index contributed by atoms with van der Waals surface area (Å²) in [4.78, 5) is 3.46. The summed E-state index contributed by atoms with van der Waals surface area (Å²) in [5, 5.41) is 0.0885. The van der Waals surface area contributed by atoms with Crippen LogP contribution >= 0.6 is 11.8 Å². The third-order valence-corrected chi connectivity index (χ3v) is 5.80. The fourth-order valence-electron chi connectivity index (χ4n) is 3.14. The molecule has 0 spiro atoms. The molecule has 1 aliphatic rings. The van der Waals surface area contributed by atoms with Gasteiger partial charge in [-0.3, -0.25) is 0 Å². The van der Waals surface area contributed by atoms with Crippen molar-refractivity contribution in [2.45, 2.75) is 23.1 Å². The van der Waals surface area contributed by atoms with Crippen LogP contribution in [0.3, 0.4) is 0 Å². The molecule has 0 amide bonds. The minimum Gasteiger partial charge on any atom is -0.472 e. The first-order valence-corrected chi connectivity index (χ1v) is 9.05. The first kappa shape index (κ1) is 16.2. The Kier molecular flexibility index (Phi) is 4.49. The normalized spacial score (nSPS) is 17.2. The lowest BCUT2D eigenvalue weighted by Gasteiger charge is -2.23. The van der Waals surface area contributed by atoms with Gasteiger partial charge in [-0.15, -0.1) is 11.8 Å². The SMILES string of the molecule is Fc1ccc([C@@H]2CCN(Cc3ccoc3)c3ccccc3S2)cc1F. The molecule has 0 saturated carbocycles. The Morgan fingerprint density at radius 1 is 1.08 bits per heavy atom. The van der Waals surface area contributed by atoms with E-state index < -0.39 is 11.6 Å². The van der Waals surface area contributed by atoms with Crippen molar-refractivity contribution in [3.05, 3.63) is 83.8 Å². The van der Waals surface area contributed by atoms with E-state index in [0.717, 1.165) is 35.5 Å². The maximum atomic E-state index is 13.7. The van der Waals surface area contributed by atoms with Crippen molar-refractivity contribution in [2.24, 2.45) is 0 Å². The summed E-state index contributed by atoms with van der Waals surface area (Å²) in [5.41, 5.74) is 3.11. The number of nitrogens with zero attached hydrogens (tertiary/aromatic N) is 1. The number of thioether (sulfide) groups is 1. The molecular weight excluding hydrogens is 340 g/mol. The number of hydrogen-bond acceptors (Lipinski definition) is 3. The van der Waals surface area contributed by atoms with Crippen molar-refractivity contribution < 1.29 is 13.2 Å². The Hall–Kier alpha value is -2.27. The van der Waals surface area contributed by atoms with Crippen LogP contribution < -0.4 is 4.90 Å². The highest BCUT2D eigenvalue weighted by atomic mass is 32.2. The van der Waals surface area contributed by atoms with E-state index in [4.69, 9.17) is 4.42 Å². The highest BCUT2D eigenvalue weighted by Gasteiger charge is 2.24. The number of para-hydroxylation sites is 1. The van der Waals surface area contributed by atoms with Crippen LogP contribution in [0.25, 0.3) is 0 Å². The molecule has 4 rings (SSSR count). The van der Waals surface area contributed by atoms with Crippen molar-refractivity contribution in [3.8, 4) is 0 Å². The molecule has 0 fully saturated rings. The average molecular weight is 357 g/mol. The molecule has 128 valence electrons. The number of fused-ring (bicyclic) bond motifs is 1. The van der Waals surface area contributed by atoms with Crippen molar-refractivity contribution in [3.63, 3.8) is 0 Å². The maximum Gasteiger partial charge on any atom is 0.159 e. The molecule has 25 heavy (non-hydrogen) atoms. The Labute approximate surface area is 149 Å². The van der Waals surface area contributed by atoms with Gasteiger partial charge in [0.25, 0.3) is 0 Å². The lowest BCUT2D eigenvalue weighted by molar-refractivity contribution is 0.506. The molecule has 1 aliphatic heterocycles. The lowest BCUT2D eigenvalue weighted by Crippen LogP contribution is -2.23. The average Bonchev–Trinajstić information content (AvgIpc) is 3.06. The molecule has 2 aromatic carbocycles. The van der Waals surface area contributed by atoms with Gasteiger partial charge in [0.2, 0.25) is 0 Å². The molecule has 3 aromatic rings. The first-order valence-electron chi connectivity index (χ1n) is 8.17. The Bertz CT molecular complexity index is 866. The third kappa shape index (κ3) is 3.42. The van der Waals surface area contributed by atoms with E-state index in [1.807, 2.05) is 18.2 Å². The lowest BCUT2D eigenvalue weighted by atomic mass is 10.1. The molecule has 5 heteroatoms. The van der Waals surface area contributed by atoms with Crippen molar-refractivity contribution >= 4 is 17.4 Å². The van der Waals surface area contributed by atoms with Crippen molar-refractivity contribution in [1.82, 2.24) is 0 Å². The second-order valence-electron chi connectivity index (χ2n) is 6.09. The number of hydrogen-bond donors (Lipinski definition) is 0. The Morgan fingerprint density at radius 2 is 1.96 bits per heavy atom. The van der Waals surface area contributed by atoms with Crippen LogP contribution in [0.15, 0.2) is 70.4 Å². The van der Waals surface area contributed by atoms with Gasteiger partial charge in [0, 0.05) is 28.8 Å². The number of rotatable bonds is 3. The van der Waals surface area contributed by atoms with Crippen LogP contribution in [-0.2, 0) is 6.54 Å². The maximum absolute atomic E-state index is 13.7. The molecular formula is C20H17F2NOS. The standard InChI is InChI=1S/C20H17F2NOS/c21-16-6-5-15(11-17(16)22)19-7-9-23(12-14-8-10-24-13-14)18-3-1-2-4-20(18)25-19/h1-6,8,10-11,13,19H,7,9,12H2/t19-/m0/s1. The van der Waals surface area contributed by atoms with Gasteiger partial charge in [-0.05, 0) is 42.3 Å². The van der Waals surface area contributed by atoms with Gasteiger partial charge < -0.3 is 9.32 Å². The van der Waals surface area contributed by atoms with E-state index >= 15 is 0 Å². The van der Waals surface area contributed by atoms with Crippen LogP contribution in [-0.4, -0.2) is 6.54 Å². The van der Waals surface area contributed by atoms with Crippen LogP contribution in [0.2, 0.25) is 0 Å². The molecule has 2 nitrogen and oxygen atoms in total. The summed E-state index contributed by atoms with van der Waals surface area (Å²) < 4.78 is 32.1. The van der Waals surface area contributed by atoms with Gasteiger partial charge in [0.15, 0.2) is 11.6 Å². The summed E-state index contributed by atoms with van der Waals surface area (Å²) in [5.74, 6) is -1.59. The Morgan fingerprint density at radius 3 is 2.76 bits per heavy atom. The molecule has 0 aliphatic carbocycles. The number of benzene rings is 2. The molecule has 0 saturated heterocycles. The van der Waals surface area contributed by atoms with Crippen molar-refractivity contribution in [2.75, 3.05) is 11.4 Å². The predicted molar refractivity (Wildman–Crippen MR) is 95.8 cm³/mol. The van der Waals surface area contributed by atoms with E-state index in [9.17, 15) is 8.78 Å². The molecule has 0 bridgehead atoms. The monoisotopic (exact) mass is 357 g/mol. The molecule has 0 radical (unpaired) electrons. The Balaban J connectivity index is 1.64. The van der Waals surface area contributed by atoms with Crippen molar-refractivity contribution in [1.29, 1.82) is 0 Å². The van der Waals surface area contributed by atoms with E-state index in [2.05, 4.69) is 17.0 Å². The van der Waals surface area contributed by atoms with Crippen LogP contribution in [0.5, 0.6) is 0 Å². The number of anilines is 1. The topological polar surface area (TPSA) is 16.4 Å².